The van der Waals surface area contributed by atoms with Crippen molar-refractivity contribution in [3.8, 4) is 5.75 Å². The smallest absolute Gasteiger partial charge is 0.255 e. The number of imidazole rings is 1. The van der Waals surface area contributed by atoms with E-state index in [4.69, 9.17) is 27.9 Å². The molecule has 1 heterocycles. The van der Waals surface area contributed by atoms with Gasteiger partial charge in [0.2, 0.25) is 0 Å². The van der Waals surface area contributed by atoms with Gasteiger partial charge in [0.15, 0.2) is 0 Å². The fourth-order valence-electron chi connectivity index (χ4n) is 3.13. The standard InChI is InChI=1S/C24H19Cl2N3O2/c25-19-11-17(12-20(26)13-19)15-29-10-9-27-23(29)16-31-22-8-4-7-21(14-22)28-24(30)18-5-2-1-3-6-18/h1-14H,15-16H2,(H,28,30). The van der Waals surface area contributed by atoms with Gasteiger partial charge >= 0.3 is 0 Å². The van der Waals surface area contributed by atoms with Crippen molar-refractivity contribution in [1.82, 2.24) is 9.55 Å². The molecule has 0 unspecified atom stereocenters. The van der Waals surface area contributed by atoms with Crippen molar-refractivity contribution in [2.24, 2.45) is 0 Å². The van der Waals surface area contributed by atoms with Gasteiger partial charge < -0.3 is 14.6 Å². The number of carbonyl (C=O) groups excluding carboxylic acids is 1. The van der Waals surface area contributed by atoms with Crippen molar-refractivity contribution in [2.75, 3.05) is 5.32 Å². The van der Waals surface area contributed by atoms with E-state index in [9.17, 15) is 4.79 Å². The van der Waals surface area contributed by atoms with Gasteiger partial charge in [-0.1, -0.05) is 47.5 Å². The van der Waals surface area contributed by atoms with E-state index in [0.29, 0.717) is 33.6 Å². The van der Waals surface area contributed by atoms with E-state index >= 15 is 0 Å². The van der Waals surface area contributed by atoms with Gasteiger partial charge in [-0.3, -0.25) is 4.79 Å². The van der Waals surface area contributed by atoms with Crippen LogP contribution in [0.5, 0.6) is 5.75 Å². The van der Waals surface area contributed by atoms with E-state index in [1.165, 1.54) is 0 Å². The summed E-state index contributed by atoms with van der Waals surface area (Å²) in [5, 5.41) is 4.07. The molecule has 0 fully saturated rings. The third-order valence-electron chi connectivity index (χ3n) is 4.57. The largest absolute Gasteiger partial charge is 0.486 e. The molecule has 1 N–H and O–H groups in total. The Bertz CT molecular complexity index is 1170. The van der Waals surface area contributed by atoms with Crippen LogP contribution in [0.3, 0.4) is 0 Å². The maximum absolute atomic E-state index is 12.4. The Morgan fingerprint density at radius 3 is 2.52 bits per heavy atom. The number of nitrogens with zero attached hydrogens (tertiary/aromatic N) is 2. The van der Waals surface area contributed by atoms with Gasteiger partial charge in [-0.05, 0) is 48.0 Å². The first-order valence-electron chi connectivity index (χ1n) is 9.61. The molecule has 0 bridgehead atoms. The highest BCUT2D eigenvalue weighted by Crippen LogP contribution is 2.21. The molecule has 1 aromatic heterocycles. The summed E-state index contributed by atoms with van der Waals surface area (Å²) < 4.78 is 7.89. The molecule has 0 aliphatic heterocycles. The van der Waals surface area contributed by atoms with E-state index in [-0.39, 0.29) is 12.5 Å². The lowest BCUT2D eigenvalue weighted by molar-refractivity contribution is 0.102. The first kappa shape index (κ1) is 21.0. The summed E-state index contributed by atoms with van der Waals surface area (Å²) >= 11 is 12.2. The summed E-state index contributed by atoms with van der Waals surface area (Å²) in [5.41, 5.74) is 2.22. The highest BCUT2D eigenvalue weighted by molar-refractivity contribution is 6.34. The van der Waals surface area contributed by atoms with E-state index < -0.39 is 0 Å². The number of hydrogen-bond acceptors (Lipinski definition) is 3. The topological polar surface area (TPSA) is 56.1 Å². The van der Waals surface area contributed by atoms with E-state index in [2.05, 4.69) is 10.3 Å². The van der Waals surface area contributed by atoms with E-state index in [1.54, 1.807) is 30.5 Å². The Balaban J connectivity index is 1.41. The summed E-state index contributed by atoms with van der Waals surface area (Å²) in [6.07, 6.45) is 3.60. The number of anilines is 1. The lowest BCUT2D eigenvalue weighted by Gasteiger charge is -2.11. The summed E-state index contributed by atoms with van der Waals surface area (Å²) in [5.74, 6) is 1.22. The van der Waals surface area contributed by atoms with Gasteiger partial charge in [0.1, 0.15) is 18.2 Å². The first-order valence-corrected chi connectivity index (χ1v) is 10.4. The van der Waals surface area contributed by atoms with Gasteiger partial charge in [0.25, 0.3) is 5.91 Å². The predicted molar refractivity (Wildman–Crippen MR) is 123 cm³/mol. The zero-order valence-electron chi connectivity index (χ0n) is 16.5. The maximum Gasteiger partial charge on any atom is 0.255 e. The third kappa shape index (κ3) is 5.66. The van der Waals surface area contributed by atoms with Crippen LogP contribution < -0.4 is 10.1 Å². The van der Waals surface area contributed by atoms with Crippen LogP contribution in [0, 0.1) is 0 Å². The Hall–Kier alpha value is -3.28. The number of nitrogens with one attached hydrogen (secondary N) is 1. The summed E-state index contributed by atoms with van der Waals surface area (Å²) in [6, 6.07) is 21.8. The van der Waals surface area contributed by atoms with Crippen molar-refractivity contribution in [1.29, 1.82) is 0 Å². The molecule has 0 aliphatic carbocycles. The Morgan fingerprint density at radius 2 is 1.74 bits per heavy atom. The average molecular weight is 452 g/mol. The lowest BCUT2D eigenvalue weighted by Crippen LogP contribution is -2.11. The van der Waals surface area contributed by atoms with Crippen molar-refractivity contribution in [3.63, 3.8) is 0 Å². The second kappa shape index (κ2) is 9.69. The van der Waals surface area contributed by atoms with Crippen LogP contribution in [0.1, 0.15) is 21.7 Å². The Morgan fingerprint density at radius 1 is 0.968 bits per heavy atom. The molecule has 4 rings (SSSR count). The predicted octanol–water partition coefficient (Wildman–Crippen LogP) is 6.07. The van der Waals surface area contributed by atoms with Crippen LogP contribution in [0.15, 0.2) is 85.2 Å². The normalized spacial score (nSPS) is 10.6. The third-order valence-corrected chi connectivity index (χ3v) is 5.01. The molecule has 0 saturated carbocycles. The van der Waals surface area contributed by atoms with Crippen molar-refractivity contribution >= 4 is 34.8 Å². The Kier molecular flexibility index (Phi) is 6.55. The number of aromatic nitrogens is 2. The average Bonchev–Trinajstić information content (AvgIpc) is 3.19. The summed E-state index contributed by atoms with van der Waals surface area (Å²) in [4.78, 5) is 16.7. The van der Waals surface area contributed by atoms with Crippen LogP contribution >= 0.6 is 23.2 Å². The minimum atomic E-state index is -0.173. The highest BCUT2D eigenvalue weighted by Gasteiger charge is 2.08. The molecule has 4 aromatic rings. The van der Waals surface area contributed by atoms with Crippen LogP contribution in [-0.2, 0) is 13.2 Å². The molecule has 0 spiro atoms. The number of amides is 1. The monoisotopic (exact) mass is 451 g/mol. The fraction of sp³-hybridized carbons (Fsp3) is 0.0833. The Labute approximate surface area is 190 Å². The van der Waals surface area contributed by atoms with Gasteiger partial charge in [-0.2, -0.15) is 0 Å². The van der Waals surface area contributed by atoms with Crippen LogP contribution in [0.25, 0.3) is 0 Å². The molecule has 0 radical (unpaired) electrons. The molecule has 0 saturated heterocycles. The van der Waals surface area contributed by atoms with Crippen LogP contribution in [-0.4, -0.2) is 15.5 Å². The number of hydrogen-bond donors (Lipinski definition) is 1. The van der Waals surface area contributed by atoms with Gasteiger partial charge in [0, 0.05) is 46.3 Å². The van der Waals surface area contributed by atoms with Gasteiger partial charge in [0.05, 0.1) is 0 Å². The second-order valence-corrected chi connectivity index (χ2v) is 7.76. The van der Waals surface area contributed by atoms with Crippen LogP contribution in [0.4, 0.5) is 5.69 Å². The number of halogens is 2. The first-order chi connectivity index (χ1) is 15.1. The number of benzene rings is 3. The zero-order valence-corrected chi connectivity index (χ0v) is 18.0. The molecule has 3 aromatic carbocycles. The fourth-order valence-corrected chi connectivity index (χ4v) is 3.70. The van der Waals surface area contributed by atoms with Crippen molar-refractivity contribution in [3.05, 3.63) is 112 Å². The molecular formula is C24H19Cl2N3O2. The minimum Gasteiger partial charge on any atom is -0.486 e. The zero-order chi connectivity index (χ0) is 21.6. The van der Waals surface area contributed by atoms with E-state index in [1.807, 2.05) is 59.3 Å². The van der Waals surface area contributed by atoms with Gasteiger partial charge in [-0.15, -0.1) is 0 Å². The molecule has 7 heteroatoms. The second-order valence-electron chi connectivity index (χ2n) is 6.89. The van der Waals surface area contributed by atoms with E-state index in [0.717, 1.165) is 11.4 Å². The van der Waals surface area contributed by atoms with Crippen molar-refractivity contribution < 1.29 is 9.53 Å². The molecular weight excluding hydrogens is 433 g/mol. The molecule has 0 aliphatic rings. The summed E-state index contributed by atoms with van der Waals surface area (Å²) in [6.45, 7) is 0.851. The quantitative estimate of drug-likeness (QED) is 0.370. The highest BCUT2D eigenvalue weighted by atomic mass is 35.5. The maximum atomic E-state index is 12.4. The number of carbonyl (C=O) groups is 1. The van der Waals surface area contributed by atoms with Crippen molar-refractivity contribution in [2.45, 2.75) is 13.2 Å². The number of ether oxygens (including phenoxy) is 1. The lowest BCUT2D eigenvalue weighted by atomic mass is 10.2. The molecule has 31 heavy (non-hydrogen) atoms. The minimum absolute atomic E-state index is 0.173. The summed E-state index contributed by atoms with van der Waals surface area (Å²) in [7, 11) is 0. The van der Waals surface area contributed by atoms with Crippen LogP contribution in [0.2, 0.25) is 10.0 Å². The SMILES string of the molecule is O=C(Nc1cccc(OCc2nccn2Cc2cc(Cl)cc(Cl)c2)c1)c1ccccc1. The molecule has 156 valence electrons. The molecule has 5 nitrogen and oxygen atoms in total. The number of rotatable bonds is 7. The molecule has 0 atom stereocenters. The molecule has 1 amide bonds. The van der Waals surface area contributed by atoms with Gasteiger partial charge in [-0.25, -0.2) is 4.98 Å².